The monoisotopic (exact) mass is 1110 g/mol. The highest BCUT2D eigenvalue weighted by molar-refractivity contribution is 5.72. The number of hydrogen-bond donors (Lipinski definition) is 0. The number of esters is 3. The van der Waals surface area contributed by atoms with Crippen LogP contribution in [0.5, 0.6) is 0 Å². The molecule has 0 saturated carbocycles. The minimum Gasteiger partial charge on any atom is -0.462 e. The van der Waals surface area contributed by atoms with E-state index < -0.39 is 12.1 Å². The van der Waals surface area contributed by atoms with Crippen molar-refractivity contribution in [3.8, 4) is 0 Å². The summed E-state index contributed by atoms with van der Waals surface area (Å²) in [4.78, 5) is 38.1. The van der Waals surface area contributed by atoms with Gasteiger partial charge in [-0.1, -0.05) is 300 Å². The highest BCUT2D eigenvalue weighted by atomic mass is 16.6. The largest absolute Gasteiger partial charge is 0.462 e. The van der Waals surface area contributed by atoms with Crippen LogP contribution in [-0.2, 0) is 28.6 Å². The minimum absolute atomic E-state index is 0.0767. The van der Waals surface area contributed by atoms with Gasteiger partial charge in [-0.15, -0.1) is 0 Å². The Morgan fingerprint density at radius 3 is 0.827 bits per heavy atom. The van der Waals surface area contributed by atoms with Gasteiger partial charge in [0.1, 0.15) is 13.2 Å². The van der Waals surface area contributed by atoms with Gasteiger partial charge >= 0.3 is 17.9 Å². The predicted octanol–water partition coefficient (Wildman–Crippen LogP) is 22.7. The van der Waals surface area contributed by atoms with Gasteiger partial charge in [-0.05, 0) is 116 Å². The number of allylic oxidation sites excluding steroid dienone is 27. The number of unbranched alkanes of at least 4 members (excludes halogenated alkanes) is 19. The molecule has 0 spiro atoms. The Labute approximate surface area is 498 Å². The van der Waals surface area contributed by atoms with E-state index in [-0.39, 0.29) is 38.0 Å². The van der Waals surface area contributed by atoms with E-state index in [0.29, 0.717) is 19.3 Å². The van der Waals surface area contributed by atoms with Gasteiger partial charge in [-0.25, -0.2) is 0 Å². The normalized spacial score (nSPS) is 13.3. The molecule has 81 heavy (non-hydrogen) atoms. The van der Waals surface area contributed by atoms with Crippen molar-refractivity contribution < 1.29 is 28.6 Å². The second-order valence-electron chi connectivity index (χ2n) is 20.9. The number of carbonyl (C=O) groups excluding carboxylic acids is 3. The van der Waals surface area contributed by atoms with Crippen LogP contribution in [0.25, 0.3) is 0 Å². The molecule has 0 aromatic heterocycles. The molecule has 0 aromatic rings. The van der Waals surface area contributed by atoms with Crippen molar-refractivity contribution in [2.75, 3.05) is 13.2 Å². The minimum atomic E-state index is -0.868. The van der Waals surface area contributed by atoms with Gasteiger partial charge in [-0.2, -0.15) is 0 Å². The Bertz CT molecular complexity index is 1860. The van der Waals surface area contributed by atoms with Gasteiger partial charge in [0.25, 0.3) is 0 Å². The second-order valence-corrected chi connectivity index (χ2v) is 20.9. The van der Waals surface area contributed by atoms with Gasteiger partial charge in [-0.3, -0.25) is 14.4 Å². The highest BCUT2D eigenvalue weighted by Gasteiger charge is 2.19. The lowest BCUT2D eigenvalue weighted by molar-refractivity contribution is -0.166. The van der Waals surface area contributed by atoms with E-state index in [1.165, 1.54) is 109 Å². The fourth-order valence-corrected chi connectivity index (χ4v) is 8.50. The molecule has 0 aromatic carbocycles. The molecule has 0 aliphatic rings. The molecule has 0 aliphatic carbocycles. The number of rotatable bonds is 57. The number of carbonyl (C=O) groups is 3. The van der Waals surface area contributed by atoms with Gasteiger partial charge in [0.2, 0.25) is 0 Å². The molecule has 1 unspecified atom stereocenters. The molecule has 0 amide bonds. The van der Waals surface area contributed by atoms with Crippen molar-refractivity contribution in [3.05, 3.63) is 170 Å². The number of ether oxygens (including phenoxy) is 3. The SMILES string of the molecule is CC/C=C\C/C=C\C/C=C\C/C=C\C/C=C\CCCCCCCCCCCCCCCCCCCCCC(=O)OCC(COC(=O)CC/C=C\C/C=C\C/C=C\C/C=C\CC)OC(=O)C/C=C\C/C=C\C/C=C\C/C=C\C/C=C\CC. The molecule has 0 heterocycles. The van der Waals surface area contributed by atoms with Crippen LogP contribution in [0.4, 0.5) is 0 Å². The van der Waals surface area contributed by atoms with Crippen LogP contribution in [0.1, 0.15) is 265 Å². The van der Waals surface area contributed by atoms with Crippen molar-refractivity contribution in [1.82, 2.24) is 0 Å². The van der Waals surface area contributed by atoms with E-state index in [9.17, 15) is 14.4 Å². The summed E-state index contributed by atoms with van der Waals surface area (Å²) in [5.74, 6) is -1.16. The first-order valence-corrected chi connectivity index (χ1v) is 32.6. The summed E-state index contributed by atoms with van der Waals surface area (Å²) < 4.78 is 16.7. The summed E-state index contributed by atoms with van der Waals surface area (Å²) in [6.45, 7) is 6.14. The third kappa shape index (κ3) is 65.5. The molecular weight excluding hydrogens is 997 g/mol. The zero-order chi connectivity index (χ0) is 58.5. The van der Waals surface area contributed by atoms with E-state index in [2.05, 4.69) is 167 Å². The zero-order valence-corrected chi connectivity index (χ0v) is 52.0. The van der Waals surface area contributed by atoms with Crippen LogP contribution in [-0.4, -0.2) is 37.2 Å². The Balaban J connectivity index is 4.23. The van der Waals surface area contributed by atoms with Gasteiger partial charge in [0, 0.05) is 12.8 Å². The topological polar surface area (TPSA) is 78.9 Å². The van der Waals surface area contributed by atoms with Gasteiger partial charge in [0.15, 0.2) is 6.10 Å². The van der Waals surface area contributed by atoms with Crippen molar-refractivity contribution >= 4 is 17.9 Å². The molecule has 0 radical (unpaired) electrons. The smallest absolute Gasteiger partial charge is 0.310 e. The summed E-state index contributed by atoms with van der Waals surface area (Å²) in [6.07, 6.45) is 100. The van der Waals surface area contributed by atoms with E-state index in [4.69, 9.17) is 14.2 Å². The van der Waals surface area contributed by atoms with Crippen LogP contribution in [0, 0.1) is 0 Å². The van der Waals surface area contributed by atoms with E-state index in [1.807, 2.05) is 18.2 Å². The third-order valence-corrected chi connectivity index (χ3v) is 13.2. The molecule has 0 bridgehead atoms. The lowest BCUT2D eigenvalue weighted by Crippen LogP contribution is -2.30. The maximum Gasteiger partial charge on any atom is 0.310 e. The van der Waals surface area contributed by atoms with Crippen molar-refractivity contribution in [2.45, 2.75) is 271 Å². The van der Waals surface area contributed by atoms with E-state index in [1.54, 1.807) is 6.08 Å². The first-order valence-electron chi connectivity index (χ1n) is 32.6. The Morgan fingerprint density at radius 1 is 0.259 bits per heavy atom. The molecule has 1 atom stereocenters. The van der Waals surface area contributed by atoms with Crippen LogP contribution in [0.15, 0.2) is 170 Å². The Morgan fingerprint density at radius 2 is 0.506 bits per heavy atom. The summed E-state index contributed by atoms with van der Waals surface area (Å²) in [6, 6.07) is 0. The van der Waals surface area contributed by atoms with Crippen molar-refractivity contribution in [3.63, 3.8) is 0 Å². The first-order chi connectivity index (χ1) is 40.0. The molecule has 0 rings (SSSR count). The maximum absolute atomic E-state index is 12.8. The van der Waals surface area contributed by atoms with Gasteiger partial charge < -0.3 is 14.2 Å². The standard InChI is InChI=1S/C75H118O6/c1-4-7-10-13-16-19-22-25-27-28-29-30-31-32-33-34-35-36-37-38-39-40-41-42-43-44-45-46-48-50-53-56-59-62-65-68-74(77)80-71-72(70-79-73(76)67-64-61-58-55-52-49-24-21-18-15-12-9-6-3)81-75(78)69-66-63-60-57-54-51-47-26-23-20-17-14-11-8-5-2/h7-12,16-21,25-27,29-30,32-33,47,49,52,54,57-58,61,63,66,72H,4-6,13-15,22-24,28,31,34-46,48,50-51,53,55-56,59-60,62,64-65,67-71H2,1-3H3/b10-7-,11-8-,12-9-,19-16-,20-17-,21-18-,27-25-,30-29-,33-32-,47-26-,52-49-,57-54-,61-58-,66-63-. The van der Waals surface area contributed by atoms with Crippen molar-refractivity contribution in [1.29, 1.82) is 0 Å². The molecule has 6 heteroatoms. The first kappa shape index (κ1) is 75.8. The van der Waals surface area contributed by atoms with Crippen molar-refractivity contribution in [2.24, 2.45) is 0 Å². The lowest BCUT2D eigenvalue weighted by Gasteiger charge is -2.18. The van der Waals surface area contributed by atoms with Crippen LogP contribution >= 0.6 is 0 Å². The molecule has 0 aliphatic heterocycles. The summed E-state index contributed by atoms with van der Waals surface area (Å²) >= 11 is 0. The number of hydrogen-bond acceptors (Lipinski definition) is 6. The molecule has 6 nitrogen and oxygen atoms in total. The van der Waals surface area contributed by atoms with E-state index >= 15 is 0 Å². The summed E-state index contributed by atoms with van der Waals surface area (Å²) in [5.41, 5.74) is 0. The quantitative estimate of drug-likeness (QED) is 0.0261. The molecule has 0 fully saturated rings. The fraction of sp³-hybridized carbons (Fsp3) is 0.587. The molecule has 454 valence electrons. The van der Waals surface area contributed by atoms with E-state index in [0.717, 1.165) is 103 Å². The van der Waals surface area contributed by atoms with Gasteiger partial charge in [0.05, 0.1) is 6.42 Å². The highest BCUT2D eigenvalue weighted by Crippen LogP contribution is 2.16. The summed E-state index contributed by atoms with van der Waals surface area (Å²) in [7, 11) is 0. The molecule has 0 saturated heterocycles. The fourth-order valence-electron chi connectivity index (χ4n) is 8.50. The zero-order valence-electron chi connectivity index (χ0n) is 52.0. The second kappa shape index (κ2) is 67.3. The maximum atomic E-state index is 12.8. The summed E-state index contributed by atoms with van der Waals surface area (Å²) in [5, 5.41) is 0. The molecule has 0 N–H and O–H groups in total. The van der Waals surface area contributed by atoms with Crippen LogP contribution < -0.4 is 0 Å². The Hall–Kier alpha value is -5.23. The predicted molar refractivity (Wildman–Crippen MR) is 352 cm³/mol. The van der Waals surface area contributed by atoms with Crippen LogP contribution in [0.2, 0.25) is 0 Å². The Kier molecular flexibility index (Phi) is 62.9. The molecular formula is C75H118O6. The lowest BCUT2D eigenvalue weighted by atomic mass is 10.0. The average molecular weight is 1120 g/mol. The van der Waals surface area contributed by atoms with Crippen LogP contribution in [0.3, 0.4) is 0 Å². The average Bonchev–Trinajstić information content (AvgIpc) is 3.46. The third-order valence-electron chi connectivity index (χ3n) is 13.2.